The monoisotopic (exact) mass is 286 g/mol. The number of nitrogens with zero attached hydrogens (tertiary/aromatic N) is 2. The van der Waals surface area contributed by atoms with E-state index in [1.165, 1.54) is 0 Å². The lowest BCUT2D eigenvalue weighted by molar-refractivity contribution is 0.229. The van der Waals surface area contributed by atoms with E-state index in [1.807, 2.05) is 6.92 Å². The Morgan fingerprint density at radius 3 is 2.84 bits per heavy atom. The van der Waals surface area contributed by atoms with Crippen molar-refractivity contribution in [2.24, 2.45) is 5.92 Å². The fraction of sp³-hybridized carbons (Fsp3) is 0.692. The molecule has 0 aromatic carbocycles. The first-order valence-electron chi connectivity index (χ1n) is 6.78. The number of halogens is 1. The number of nitrogens with one attached hydrogen (secondary N) is 2. The van der Waals surface area contributed by atoms with E-state index >= 15 is 0 Å². The largest absolute Gasteiger partial charge is 0.396 e. The van der Waals surface area contributed by atoms with Gasteiger partial charge in [-0.15, -0.1) is 0 Å². The molecule has 1 unspecified atom stereocenters. The quantitative estimate of drug-likeness (QED) is 0.609. The minimum Gasteiger partial charge on any atom is -0.396 e. The van der Waals surface area contributed by atoms with Crippen LogP contribution in [0.15, 0.2) is 6.20 Å². The third-order valence-electron chi connectivity index (χ3n) is 2.76. The number of hydrogen-bond donors (Lipinski definition) is 3. The van der Waals surface area contributed by atoms with E-state index in [9.17, 15) is 0 Å². The first kappa shape index (κ1) is 16.0. The zero-order valence-corrected chi connectivity index (χ0v) is 12.4. The van der Waals surface area contributed by atoms with Crippen LogP contribution in [0.25, 0.3) is 0 Å². The van der Waals surface area contributed by atoms with Gasteiger partial charge in [-0.1, -0.05) is 25.4 Å². The second-order valence-electron chi connectivity index (χ2n) is 4.67. The van der Waals surface area contributed by atoms with Crippen molar-refractivity contribution in [1.29, 1.82) is 0 Å². The van der Waals surface area contributed by atoms with Crippen LogP contribution < -0.4 is 10.6 Å². The summed E-state index contributed by atoms with van der Waals surface area (Å²) >= 11 is 6.04. The zero-order valence-electron chi connectivity index (χ0n) is 11.6. The molecule has 0 aliphatic carbocycles. The minimum atomic E-state index is 0.235. The van der Waals surface area contributed by atoms with Crippen LogP contribution in [0.3, 0.4) is 0 Å². The van der Waals surface area contributed by atoms with Gasteiger partial charge in [0.15, 0.2) is 0 Å². The van der Waals surface area contributed by atoms with Gasteiger partial charge in [0.25, 0.3) is 0 Å². The van der Waals surface area contributed by atoms with Crippen LogP contribution in [0.1, 0.15) is 33.1 Å². The van der Waals surface area contributed by atoms with Crippen molar-refractivity contribution in [3.8, 4) is 0 Å². The van der Waals surface area contributed by atoms with E-state index in [1.54, 1.807) is 6.20 Å². The predicted molar refractivity (Wildman–Crippen MR) is 79.8 cm³/mol. The molecule has 1 aromatic heterocycles. The molecule has 3 N–H and O–H groups in total. The van der Waals surface area contributed by atoms with Gasteiger partial charge in [-0.05, 0) is 25.2 Å². The molecule has 0 aliphatic rings. The van der Waals surface area contributed by atoms with Crippen molar-refractivity contribution in [1.82, 2.24) is 9.97 Å². The first-order chi connectivity index (χ1) is 9.17. The summed E-state index contributed by atoms with van der Waals surface area (Å²) in [6.45, 7) is 5.98. The molecule has 0 aliphatic heterocycles. The molecule has 1 atom stereocenters. The van der Waals surface area contributed by atoms with Gasteiger partial charge in [0.2, 0.25) is 5.95 Å². The van der Waals surface area contributed by atoms with Gasteiger partial charge in [0.1, 0.15) is 10.8 Å². The van der Waals surface area contributed by atoms with E-state index in [0.717, 1.165) is 32.4 Å². The highest BCUT2D eigenvalue weighted by atomic mass is 35.5. The Kier molecular flexibility index (Phi) is 7.52. The van der Waals surface area contributed by atoms with Crippen molar-refractivity contribution in [3.63, 3.8) is 0 Å². The molecule has 0 bridgehead atoms. The molecule has 1 heterocycles. The Labute approximate surface area is 119 Å². The molecular weight excluding hydrogens is 264 g/mol. The SMILES string of the molecule is CCCNc1ncc(Cl)c(NCCCC(C)CO)n1. The number of anilines is 2. The summed E-state index contributed by atoms with van der Waals surface area (Å²) in [6.07, 6.45) is 4.58. The molecule has 0 amide bonds. The maximum Gasteiger partial charge on any atom is 0.224 e. The number of hydrogen-bond acceptors (Lipinski definition) is 5. The van der Waals surface area contributed by atoms with Gasteiger partial charge < -0.3 is 15.7 Å². The average Bonchev–Trinajstić information content (AvgIpc) is 2.43. The summed E-state index contributed by atoms with van der Waals surface area (Å²) in [5, 5.41) is 15.8. The van der Waals surface area contributed by atoms with Crippen LogP contribution in [0.5, 0.6) is 0 Å². The van der Waals surface area contributed by atoms with Crippen LogP contribution in [0, 0.1) is 5.92 Å². The fourth-order valence-electron chi connectivity index (χ4n) is 1.56. The van der Waals surface area contributed by atoms with Gasteiger partial charge in [-0.25, -0.2) is 4.98 Å². The van der Waals surface area contributed by atoms with Crippen LogP contribution in [0.2, 0.25) is 5.02 Å². The Morgan fingerprint density at radius 2 is 2.16 bits per heavy atom. The van der Waals surface area contributed by atoms with Gasteiger partial charge in [-0.2, -0.15) is 4.98 Å². The van der Waals surface area contributed by atoms with E-state index in [0.29, 0.717) is 22.7 Å². The molecule has 1 rings (SSSR count). The first-order valence-corrected chi connectivity index (χ1v) is 7.16. The highest BCUT2D eigenvalue weighted by molar-refractivity contribution is 6.32. The van der Waals surface area contributed by atoms with Crippen molar-refractivity contribution in [2.45, 2.75) is 33.1 Å². The minimum absolute atomic E-state index is 0.235. The molecule has 0 spiro atoms. The smallest absolute Gasteiger partial charge is 0.224 e. The second kappa shape index (κ2) is 8.93. The fourth-order valence-corrected chi connectivity index (χ4v) is 1.72. The summed E-state index contributed by atoms with van der Waals surface area (Å²) < 4.78 is 0. The summed E-state index contributed by atoms with van der Waals surface area (Å²) in [5.41, 5.74) is 0. The van der Waals surface area contributed by atoms with Crippen molar-refractivity contribution in [3.05, 3.63) is 11.2 Å². The van der Waals surface area contributed by atoms with Gasteiger partial charge >= 0.3 is 0 Å². The standard InChI is InChI=1S/C13H23ClN4O/c1-3-6-16-13-17-8-11(14)12(18-13)15-7-4-5-10(2)9-19/h8,10,19H,3-7,9H2,1-2H3,(H2,15,16,17,18). The molecule has 108 valence electrons. The normalized spacial score (nSPS) is 12.2. The molecule has 0 saturated heterocycles. The number of rotatable bonds is 9. The average molecular weight is 287 g/mol. The van der Waals surface area contributed by atoms with Crippen molar-refractivity contribution >= 4 is 23.4 Å². The molecule has 6 heteroatoms. The van der Waals surface area contributed by atoms with Crippen LogP contribution in [0.4, 0.5) is 11.8 Å². The van der Waals surface area contributed by atoms with Gasteiger partial charge in [0, 0.05) is 19.7 Å². The van der Waals surface area contributed by atoms with E-state index in [2.05, 4.69) is 27.5 Å². The maximum absolute atomic E-state index is 8.94. The zero-order chi connectivity index (χ0) is 14.1. The summed E-state index contributed by atoms with van der Waals surface area (Å²) in [4.78, 5) is 8.45. The van der Waals surface area contributed by atoms with E-state index in [-0.39, 0.29) is 6.61 Å². The third-order valence-corrected chi connectivity index (χ3v) is 3.03. The predicted octanol–water partition coefficient (Wildman–Crippen LogP) is 2.77. The molecular formula is C13H23ClN4O. The lowest BCUT2D eigenvalue weighted by Gasteiger charge is -2.11. The maximum atomic E-state index is 8.94. The molecule has 0 saturated carbocycles. The van der Waals surface area contributed by atoms with E-state index < -0.39 is 0 Å². The van der Waals surface area contributed by atoms with Crippen molar-refractivity contribution < 1.29 is 5.11 Å². The van der Waals surface area contributed by atoms with Gasteiger partial charge in [0.05, 0.1) is 6.20 Å². The van der Waals surface area contributed by atoms with Crippen LogP contribution >= 0.6 is 11.6 Å². The molecule has 0 fully saturated rings. The third kappa shape index (κ3) is 6.07. The highest BCUT2D eigenvalue weighted by Crippen LogP contribution is 2.19. The Hall–Kier alpha value is -1.07. The number of aliphatic hydroxyl groups is 1. The number of aromatic nitrogens is 2. The van der Waals surface area contributed by atoms with Crippen LogP contribution in [-0.2, 0) is 0 Å². The Morgan fingerprint density at radius 1 is 1.37 bits per heavy atom. The van der Waals surface area contributed by atoms with E-state index in [4.69, 9.17) is 16.7 Å². The molecule has 0 radical (unpaired) electrons. The lowest BCUT2D eigenvalue weighted by Crippen LogP contribution is -2.10. The van der Waals surface area contributed by atoms with Crippen molar-refractivity contribution in [2.75, 3.05) is 30.3 Å². The lowest BCUT2D eigenvalue weighted by atomic mass is 10.1. The topological polar surface area (TPSA) is 70.1 Å². The molecule has 1 aromatic rings. The van der Waals surface area contributed by atoms with Crippen LogP contribution in [-0.4, -0.2) is 34.8 Å². The molecule has 19 heavy (non-hydrogen) atoms. The number of aliphatic hydroxyl groups excluding tert-OH is 1. The highest BCUT2D eigenvalue weighted by Gasteiger charge is 2.05. The summed E-state index contributed by atoms with van der Waals surface area (Å²) in [5.74, 6) is 1.59. The Bertz CT molecular complexity index is 376. The summed E-state index contributed by atoms with van der Waals surface area (Å²) in [7, 11) is 0. The molecule has 5 nitrogen and oxygen atoms in total. The Balaban J connectivity index is 2.43. The summed E-state index contributed by atoms with van der Waals surface area (Å²) in [6, 6.07) is 0. The van der Waals surface area contributed by atoms with Gasteiger partial charge in [-0.3, -0.25) is 0 Å². The second-order valence-corrected chi connectivity index (χ2v) is 5.08.